The van der Waals surface area contributed by atoms with E-state index in [4.69, 9.17) is 0 Å². The average Bonchev–Trinajstić information content (AvgIpc) is 2.97. The average molecular weight is 380 g/mol. The first-order chi connectivity index (χ1) is 13.3. The molecule has 5 heteroatoms. The molecule has 1 aromatic heterocycles. The van der Waals surface area contributed by atoms with Gasteiger partial charge in [-0.05, 0) is 54.6 Å². The van der Waals surface area contributed by atoms with Crippen LogP contribution in [-0.4, -0.2) is 28.0 Å². The lowest BCUT2D eigenvalue weighted by Crippen LogP contribution is -2.27. The third-order valence-electron chi connectivity index (χ3n) is 4.98. The Labute approximate surface area is 164 Å². The first-order valence-electron chi connectivity index (χ1n) is 9.66. The van der Waals surface area contributed by atoms with Gasteiger partial charge in [-0.15, -0.1) is 0 Å². The third-order valence-corrected chi connectivity index (χ3v) is 6.09. The molecule has 0 radical (unpaired) electrons. The van der Waals surface area contributed by atoms with Gasteiger partial charge in [0.25, 0.3) is 0 Å². The highest BCUT2D eigenvalue weighted by Crippen LogP contribution is 2.26. The van der Waals surface area contributed by atoms with Crippen molar-refractivity contribution < 1.29 is 4.79 Å². The first-order valence-corrected chi connectivity index (χ1v) is 10.4. The largest absolute Gasteiger partial charge is 0.333 e. The molecule has 2 heterocycles. The van der Waals surface area contributed by atoms with Crippen molar-refractivity contribution in [1.29, 1.82) is 0 Å². The standard InChI is InChI=1S/C22H25N3OS/c26-22(25-16-13-19-7-3-4-8-21(19)25)23-17-18-9-11-20(12-10-18)27-24-14-5-1-2-6-15-24/h3-4,7-13,16H,1-2,5-6,14-15,17H2,(H,23,26). The quantitative estimate of drug-likeness (QED) is 0.627. The maximum Gasteiger partial charge on any atom is 0.326 e. The molecule has 27 heavy (non-hydrogen) atoms. The molecular formula is C22H25N3OS. The molecule has 0 aliphatic carbocycles. The van der Waals surface area contributed by atoms with Gasteiger partial charge in [0, 0.05) is 36.1 Å². The van der Waals surface area contributed by atoms with Gasteiger partial charge in [-0.1, -0.05) is 43.2 Å². The monoisotopic (exact) mass is 379 g/mol. The zero-order valence-corrected chi connectivity index (χ0v) is 16.3. The zero-order chi connectivity index (χ0) is 18.5. The van der Waals surface area contributed by atoms with E-state index in [9.17, 15) is 4.79 Å². The minimum atomic E-state index is -0.0979. The number of hydrogen-bond donors (Lipinski definition) is 1. The second-order valence-electron chi connectivity index (χ2n) is 6.98. The second-order valence-corrected chi connectivity index (χ2v) is 8.15. The van der Waals surface area contributed by atoms with Crippen LogP contribution in [0.2, 0.25) is 0 Å². The smallest absolute Gasteiger partial charge is 0.326 e. The van der Waals surface area contributed by atoms with Gasteiger partial charge in [0.15, 0.2) is 0 Å². The van der Waals surface area contributed by atoms with Crippen molar-refractivity contribution in [3.05, 3.63) is 66.4 Å². The van der Waals surface area contributed by atoms with Crippen LogP contribution in [-0.2, 0) is 6.54 Å². The number of benzene rings is 2. The maximum absolute atomic E-state index is 12.5. The number of nitrogens with one attached hydrogen (secondary N) is 1. The molecule has 0 bridgehead atoms. The minimum absolute atomic E-state index is 0.0979. The number of nitrogens with zero attached hydrogens (tertiary/aromatic N) is 2. The predicted molar refractivity (Wildman–Crippen MR) is 112 cm³/mol. The van der Waals surface area contributed by atoms with E-state index in [2.05, 4.69) is 33.9 Å². The van der Waals surface area contributed by atoms with Crippen molar-refractivity contribution in [2.75, 3.05) is 13.1 Å². The summed E-state index contributed by atoms with van der Waals surface area (Å²) in [6, 6.07) is 18.3. The molecule has 4 nitrogen and oxygen atoms in total. The highest BCUT2D eigenvalue weighted by molar-refractivity contribution is 7.97. The summed E-state index contributed by atoms with van der Waals surface area (Å²) in [5, 5.41) is 4.08. The van der Waals surface area contributed by atoms with Gasteiger partial charge in [-0.25, -0.2) is 9.10 Å². The van der Waals surface area contributed by atoms with Crippen LogP contribution in [0.1, 0.15) is 31.2 Å². The van der Waals surface area contributed by atoms with Crippen LogP contribution in [0, 0.1) is 0 Å². The number of carbonyl (C=O) groups excluding carboxylic acids is 1. The topological polar surface area (TPSA) is 37.3 Å². The number of amides is 1. The maximum atomic E-state index is 12.5. The zero-order valence-electron chi connectivity index (χ0n) is 15.4. The Bertz CT molecular complexity index is 895. The summed E-state index contributed by atoms with van der Waals surface area (Å²) in [5.41, 5.74) is 2.04. The highest BCUT2D eigenvalue weighted by atomic mass is 32.2. The lowest BCUT2D eigenvalue weighted by molar-refractivity contribution is 0.243. The fraction of sp³-hybridized carbons (Fsp3) is 0.318. The Hall–Kier alpha value is -2.24. The van der Waals surface area contributed by atoms with E-state index in [1.165, 1.54) is 43.7 Å². The molecule has 0 unspecified atom stereocenters. The summed E-state index contributed by atoms with van der Waals surface area (Å²) in [6.45, 7) is 2.88. The van der Waals surface area contributed by atoms with Crippen LogP contribution < -0.4 is 5.32 Å². The number of carbonyl (C=O) groups is 1. The van der Waals surface area contributed by atoms with Crippen molar-refractivity contribution in [3.8, 4) is 0 Å². The number of fused-ring (bicyclic) bond motifs is 1. The van der Waals surface area contributed by atoms with E-state index in [1.807, 2.05) is 48.5 Å². The first kappa shape index (κ1) is 18.1. The van der Waals surface area contributed by atoms with Gasteiger partial charge >= 0.3 is 6.03 Å². The van der Waals surface area contributed by atoms with Gasteiger partial charge in [-0.3, -0.25) is 4.57 Å². The number of hydrogen-bond acceptors (Lipinski definition) is 3. The van der Waals surface area contributed by atoms with Crippen molar-refractivity contribution in [2.24, 2.45) is 0 Å². The third kappa shape index (κ3) is 4.54. The summed E-state index contributed by atoms with van der Waals surface area (Å²) >= 11 is 1.85. The molecule has 4 rings (SSSR count). The summed E-state index contributed by atoms with van der Waals surface area (Å²) in [5.74, 6) is 0. The number of rotatable bonds is 4. The molecule has 1 saturated heterocycles. The molecule has 2 aromatic carbocycles. The molecule has 1 aliphatic rings. The molecule has 0 atom stereocenters. The van der Waals surface area contributed by atoms with E-state index < -0.39 is 0 Å². The van der Waals surface area contributed by atoms with E-state index in [1.54, 1.807) is 4.57 Å². The van der Waals surface area contributed by atoms with Gasteiger partial charge in [0.1, 0.15) is 0 Å². The van der Waals surface area contributed by atoms with Gasteiger partial charge in [-0.2, -0.15) is 0 Å². The molecule has 140 valence electrons. The Balaban J connectivity index is 1.33. The number of aromatic nitrogens is 1. The van der Waals surface area contributed by atoms with Crippen molar-refractivity contribution >= 4 is 28.9 Å². The van der Waals surface area contributed by atoms with Crippen LogP contribution >= 0.6 is 11.9 Å². The molecule has 1 aliphatic heterocycles. The Morgan fingerprint density at radius 3 is 2.44 bits per heavy atom. The molecule has 0 saturated carbocycles. The SMILES string of the molecule is O=C(NCc1ccc(SN2CCCCCC2)cc1)n1ccc2ccccc21. The van der Waals surface area contributed by atoms with Crippen LogP contribution in [0.4, 0.5) is 4.79 Å². The Kier molecular flexibility index (Phi) is 5.80. The minimum Gasteiger partial charge on any atom is -0.333 e. The van der Waals surface area contributed by atoms with Crippen LogP contribution in [0.25, 0.3) is 10.9 Å². The molecular weight excluding hydrogens is 354 g/mol. The Morgan fingerprint density at radius 1 is 0.926 bits per heavy atom. The molecule has 3 aromatic rings. The van der Waals surface area contributed by atoms with E-state index >= 15 is 0 Å². The summed E-state index contributed by atoms with van der Waals surface area (Å²) in [7, 11) is 0. The lowest BCUT2D eigenvalue weighted by atomic mass is 10.2. The summed E-state index contributed by atoms with van der Waals surface area (Å²) < 4.78 is 4.14. The van der Waals surface area contributed by atoms with E-state index in [-0.39, 0.29) is 6.03 Å². The Morgan fingerprint density at radius 2 is 1.67 bits per heavy atom. The van der Waals surface area contributed by atoms with Crippen LogP contribution in [0.15, 0.2) is 65.7 Å². The van der Waals surface area contributed by atoms with Gasteiger partial charge < -0.3 is 5.32 Å². The van der Waals surface area contributed by atoms with E-state index in [0.717, 1.165) is 16.5 Å². The molecule has 0 spiro atoms. The highest BCUT2D eigenvalue weighted by Gasteiger charge is 2.11. The van der Waals surface area contributed by atoms with Crippen molar-refractivity contribution in [2.45, 2.75) is 37.1 Å². The molecule has 1 N–H and O–H groups in total. The fourth-order valence-electron chi connectivity index (χ4n) is 3.47. The van der Waals surface area contributed by atoms with Gasteiger partial charge in [0.2, 0.25) is 0 Å². The summed E-state index contributed by atoms with van der Waals surface area (Å²) in [6.07, 6.45) is 7.12. The van der Waals surface area contributed by atoms with Crippen molar-refractivity contribution in [1.82, 2.24) is 14.2 Å². The predicted octanol–water partition coefficient (Wildman–Crippen LogP) is 5.28. The molecule has 1 fully saturated rings. The van der Waals surface area contributed by atoms with Crippen molar-refractivity contribution in [3.63, 3.8) is 0 Å². The number of para-hydroxylation sites is 1. The summed E-state index contributed by atoms with van der Waals surface area (Å²) in [4.78, 5) is 13.8. The fourth-order valence-corrected chi connectivity index (χ4v) is 4.47. The molecule has 1 amide bonds. The second kappa shape index (κ2) is 8.63. The lowest BCUT2D eigenvalue weighted by Gasteiger charge is -2.18. The van der Waals surface area contributed by atoms with Crippen LogP contribution in [0.3, 0.4) is 0 Å². The normalized spacial score (nSPS) is 15.6. The van der Waals surface area contributed by atoms with E-state index in [0.29, 0.717) is 6.54 Å². The van der Waals surface area contributed by atoms with Gasteiger partial charge in [0.05, 0.1) is 5.52 Å². The van der Waals surface area contributed by atoms with Crippen LogP contribution in [0.5, 0.6) is 0 Å².